The van der Waals surface area contributed by atoms with Gasteiger partial charge in [0.2, 0.25) is 0 Å². The summed E-state index contributed by atoms with van der Waals surface area (Å²) in [5.41, 5.74) is 3.64. The van der Waals surface area contributed by atoms with E-state index in [0.717, 1.165) is 0 Å². The number of carbonyl (C=O) groups is 2. The van der Waals surface area contributed by atoms with Crippen LogP contribution in [0.5, 0.6) is 11.5 Å². The normalized spacial score (nSPS) is 10.6. The van der Waals surface area contributed by atoms with E-state index in [-0.39, 0.29) is 18.4 Å². The first-order chi connectivity index (χ1) is 14.1. The van der Waals surface area contributed by atoms with Gasteiger partial charge in [0, 0.05) is 31.0 Å². The van der Waals surface area contributed by atoms with E-state index in [9.17, 15) is 9.59 Å². The molecule has 0 aliphatic carbocycles. The van der Waals surface area contributed by atoms with Gasteiger partial charge in [0.25, 0.3) is 11.8 Å². The van der Waals surface area contributed by atoms with Crippen molar-refractivity contribution in [2.75, 3.05) is 26.3 Å². The van der Waals surface area contributed by atoms with Gasteiger partial charge in [-0.05, 0) is 56.7 Å². The lowest BCUT2D eigenvalue weighted by atomic mass is 10.2. The van der Waals surface area contributed by atoms with Crippen molar-refractivity contribution in [3.8, 4) is 11.5 Å². The number of rotatable bonds is 10. The Morgan fingerprint density at radius 2 is 1.79 bits per heavy atom. The molecule has 0 bridgehead atoms. The summed E-state index contributed by atoms with van der Waals surface area (Å²) in [7, 11) is 0. The second-order valence-electron chi connectivity index (χ2n) is 5.93. The van der Waals surface area contributed by atoms with Crippen LogP contribution in [0.3, 0.4) is 0 Å². The van der Waals surface area contributed by atoms with Gasteiger partial charge in [0.1, 0.15) is 0 Å². The molecule has 1 aromatic carbocycles. The summed E-state index contributed by atoms with van der Waals surface area (Å²) in [5, 5.41) is 3.97. The van der Waals surface area contributed by atoms with Crippen LogP contribution in [0.1, 0.15) is 36.7 Å². The Hall–Kier alpha value is -3.42. The summed E-state index contributed by atoms with van der Waals surface area (Å²) < 4.78 is 11.3. The van der Waals surface area contributed by atoms with Crippen molar-refractivity contribution in [2.45, 2.75) is 20.8 Å². The third kappa shape index (κ3) is 6.60. The largest absolute Gasteiger partial charge is 0.490 e. The highest BCUT2D eigenvalue weighted by molar-refractivity contribution is 5.94. The van der Waals surface area contributed by atoms with Crippen LogP contribution in [0.4, 0.5) is 0 Å². The van der Waals surface area contributed by atoms with E-state index < -0.39 is 0 Å². The van der Waals surface area contributed by atoms with Gasteiger partial charge >= 0.3 is 0 Å². The fourth-order valence-electron chi connectivity index (χ4n) is 2.53. The summed E-state index contributed by atoms with van der Waals surface area (Å²) in [4.78, 5) is 29.7. The van der Waals surface area contributed by atoms with Gasteiger partial charge < -0.3 is 14.4 Å². The molecule has 154 valence electrons. The fourth-order valence-corrected chi connectivity index (χ4v) is 2.53. The topological polar surface area (TPSA) is 93.1 Å². The number of benzene rings is 1. The molecule has 0 atom stereocenters. The molecule has 8 heteroatoms. The summed E-state index contributed by atoms with van der Waals surface area (Å²) in [6.45, 7) is 7.37. The molecule has 1 aromatic heterocycles. The smallest absolute Gasteiger partial charge is 0.271 e. The molecule has 1 N–H and O–H groups in total. The number of hydrogen-bond acceptors (Lipinski definition) is 6. The maximum atomic E-state index is 12.1. The fraction of sp³-hybridized carbons (Fsp3) is 0.333. The maximum absolute atomic E-state index is 12.1. The Kier molecular flexibility index (Phi) is 8.62. The number of hydrazone groups is 1. The van der Waals surface area contributed by atoms with Crippen molar-refractivity contribution in [1.29, 1.82) is 0 Å². The highest BCUT2D eigenvalue weighted by atomic mass is 16.5. The summed E-state index contributed by atoms with van der Waals surface area (Å²) in [6, 6.07) is 8.42. The molecule has 1 heterocycles. The van der Waals surface area contributed by atoms with Gasteiger partial charge in [-0.1, -0.05) is 0 Å². The maximum Gasteiger partial charge on any atom is 0.271 e. The minimum atomic E-state index is -0.330. The zero-order chi connectivity index (χ0) is 21.1. The van der Waals surface area contributed by atoms with Gasteiger partial charge in [-0.25, -0.2) is 5.43 Å². The van der Waals surface area contributed by atoms with Crippen LogP contribution in [0.25, 0.3) is 0 Å². The van der Waals surface area contributed by atoms with Crippen LogP contribution in [0.15, 0.2) is 47.8 Å². The number of hydrogen-bond donors (Lipinski definition) is 1. The molecular formula is C21H26N4O4. The molecule has 0 saturated carbocycles. The molecule has 0 unspecified atom stereocenters. The number of pyridine rings is 1. The summed E-state index contributed by atoms with van der Waals surface area (Å²) in [5.74, 6) is 0.569. The van der Waals surface area contributed by atoms with Crippen LogP contribution < -0.4 is 14.9 Å². The molecule has 29 heavy (non-hydrogen) atoms. The first-order valence-corrected chi connectivity index (χ1v) is 9.49. The van der Waals surface area contributed by atoms with Crippen LogP contribution in [-0.4, -0.2) is 54.2 Å². The first-order valence-electron chi connectivity index (χ1n) is 9.49. The third-order valence-corrected chi connectivity index (χ3v) is 4.06. The average Bonchev–Trinajstić information content (AvgIpc) is 2.75. The van der Waals surface area contributed by atoms with Gasteiger partial charge in [0.05, 0.1) is 12.8 Å². The molecular weight excluding hydrogens is 372 g/mol. The van der Waals surface area contributed by atoms with E-state index in [4.69, 9.17) is 9.47 Å². The second-order valence-corrected chi connectivity index (χ2v) is 5.93. The third-order valence-electron chi connectivity index (χ3n) is 4.06. The Morgan fingerprint density at radius 3 is 2.45 bits per heavy atom. The van der Waals surface area contributed by atoms with E-state index in [2.05, 4.69) is 15.5 Å². The number of nitrogens with one attached hydrogen (secondary N) is 1. The van der Waals surface area contributed by atoms with Crippen molar-refractivity contribution in [2.24, 2.45) is 5.10 Å². The Balaban J connectivity index is 2.02. The van der Waals surface area contributed by atoms with E-state index in [0.29, 0.717) is 42.3 Å². The molecule has 0 saturated heterocycles. The first kappa shape index (κ1) is 21.9. The van der Waals surface area contributed by atoms with Crippen LogP contribution in [-0.2, 0) is 4.79 Å². The standard InChI is InChI=1S/C21H26N4O4/c1-4-25(5-2)20(26)15-29-18-8-7-16(13-19(18)28-6-3)14-23-24-21(27)17-9-11-22-12-10-17/h7-14H,4-6,15H2,1-3H3,(H,24,27)/b23-14-. The van der Waals surface area contributed by atoms with Crippen LogP contribution in [0.2, 0.25) is 0 Å². The predicted molar refractivity (Wildman–Crippen MR) is 110 cm³/mol. The molecule has 0 radical (unpaired) electrons. The number of ether oxygens (including phenoxy) is 2. The number of carbonyl (C=O) groups excluding carboxylic acids is 2. The molecule has 0 aliphatic heterocycles. The molecule has 8 nitrogen and oxygen atoms in total. The van der Waals surface area contributed by atoms with Crippen molar-refractivity contribution in [3.05, 3.63) is 53.9 Å². The lowest BCUT2D eigenvalue weighted by Crippen LogP contribution is -2.34. The van der Waals surface area contributed by atoms with Crippen molar-refractivity contribution in [1.82, 2.24) is 15.3 Å². The summed E-state index contributed by atoms with van der Waals surface area (Å²) in [6.07, 6.45) is 4.58. The van der Waals surface area contributed by atoms with Crippen molar-refractivity contribution < 1.29 is 19.1 Å². The van der Waals surface area contributed by atoms with Crippen molar-refractivity contribution in [3.63, 3.8) is 0 Å². The lowest BCUT2D eigenvalue weighted by Gasteiger charge is -2.19. The van der Waals surface area contributed by atoms with Gasteiger partial charge in [-0.2, -0.15) is 5.10 Å². The molecule has 0 spiro atoms. The zero-order valence-corrected chi connectivity index (χ0v) is 16.9. The Bertz CT molecular complexity index is 836. The highest BCUT2D eigenvalue weighted by Crippen LogP contribution is 2.28. The predicted octanol–water partition coefficient (Wildman–Crippen LogP) is 2.49. The van der Waals surface area contributed by atoms with E-state index in [1.165, 1.54) is 18.6 Å². The van der Waals surface area contributed by atoms with E-state index >= 15 is 0 Å². The molecule has 0 fully saturated rings. The highest BCUT2D eigenvalue weighted by Gasteiger charge is 2.13. The van der Waals surface area contributed by atoms with Gasteiger partial charge in [-0.15, -0.1) is 0 Å². The summed E-state index contributed by atoms with van der Waals surface area (Å²) >= 11 is 0. The number of aromatic nitrogens is 1. The van der Waals surface area contributed by atoms with Crippen LogP contribution in [0, 0.1) is 0 Å². The Labute approximate surface area is 170 Å². The second kappa shape index (κ2) is 11.4. The number of amides is 2. The average molecular weight is 398 g/mol. The quantitative estimate of drug-likeness (QED) is 0.490. The monoisotopic (exact) mass is 398 g/mol. The van der Waals surface area contributed by atoms with Gasteiger partial charge in [-0.3, -0.25) is 14.6 Å². The van der Waals surface area contributed by atoms with Crippen molar-refractivity contribution >= 4 is 18.0 Å². The van der Waals surface area contributed by atoms with Gasteiger partial charge in [0.15, 0.2) is 18.1 Å². The molecule has 2 rings (SSSR count). The minimum absolute atomic E-state index is 0.0584. The minimum Gasteiger partial charge on any atom is -0.490 e. The SMILES string of the molecule is CCOc1cc(/C=N\NC(=O)c2ccncc2)ccc1OCC(=O)N(CC)CC. The zero-order valence-electron chi connectivity index (χ0n) is 16.9. The van der Waals surface area contributed by atoms with Crippen LogP contribution >= 0.6 is 0 Å². The number of nitrogens with zero attached hydrogens (tertiary/aromatic N) is 3. The Morgan fingerprint density at radius 1 is 1.07 bits per heavy atom. The number of likely N-dealkylation sites (N-methyl/N-ethyl adjacent to an activating group) is 1. The molecule has 0 aliphatic rings. The molecule has 2 aromatic rings. The van der Waals surface area contributed by atoms with E-state index in [1.54, 1.807) is 35.2 Å². The van der Waals surface area contributed by atoms with E-state index in [1.807, 2.05) is 20.8 Å². The lowest BCUT2D eigenvalue weighted by molar-refractivity contribution is -0.133. The molecule has 2 amide bonds.